The highest BCUT2D eigenvalue weighted by molar-refractivity contribution is 7.89. The molecule has 0 saturated heterocycles. The molecule has 6 nitrogen and oxygen atoms in total. The maximum Gasteiger partial charge on any atom is 0.253 e. The van der Waals surface area contributed by atoms with E-state index in [2.05, 4.69) is 10.6 Å². The molecule has 0 radical (unpaired) electrons. The second-order valence-electron chi connectivity index (χ2n) is 6.49. The summed E-state index contributed by atoms with van der Waals surface area (Å²) in [5.74, 6) is -0.651. The number of amides is 1. The SMILES string of the molecule is CC(NC(=O)c1ccccc1Nc1ccc(F)cc1)c1ccc(S(N)(=O)=O)cc1. The minimum absolute atomic E-state index is 0.00798. The van der Waals surface area contributed by atoms with E-state index in [1.807, 2.05) is 0 Å². The van der Waals surface area contributed by atoms with Crippen LogP contribution in [0.1, 0.15) is 28.9 Å². The van der Waals surface area contributed by atoms with Gasteiger partial charge in [-0.1, -0.05) is 24.3 Å². The lowest BCUT2D eigenvalue weighted by atomic mass is 10.1. The van der Waals surface area contributed by atoms with Gasteiger partial charge in [0.2, 0.25) is 10.0 Å². The van der Waals surface area contributed by atoms with Gasteiger partial charge in [-0.3, -0.25) is 4.79 Å². The number of hydrogen-bond acceptors (Lipinski definition) is 4. The van der Waals surface area contributed by atoms with Gasteiger partial charge in [-0.2, -0.15) is 0 Å². The summed E-state index contributed by atoms with van der Waals surface area (Å²) in [6.07, 6.45) is 0. The number of para-hydroxylation sites is 1. The van der Waals surface area contributed by atoms with Gasteiger partial charge in [0.15, 0.2) is 0 Å². The zero-order valence-electron chi connectivity index (χ0n) is 15.6. The summed E-state index contributed by atoms with van der Waals surface area (Å²) in [6.45, 7) is 1.79. The van der Waals surface area contributed by atoms with Gasteiger partial charge in [0.05, 0.1) is 22.2 Å². The van der Waals surface area contributed by atoms with Gasteiger partial charge >= 0.3 is 0 Å². The number of hydrogen-bond donors (Lipinski definition) is 3. The Morgan fingerprint density at radius 2 is 1.59 bits per heavy atom. The number of rotatable bonds is 6. The Hall–Kier alpha value is -3.23. The summed E-state index contributed by atoms with van der Waals surface area (Å²) < 4.78 is 35.8. The molecule has 150 valence electrons. The van der Waals surface area contributed by atoms with E-state index in [-0.39, 0.29) is 22.7 Å². The van der Waals surface area contributed by atoms with Crippen molar-refractivity contribution in [3.8, 4) is 0 Å². The molecule has 8 heteroatoms. The van der Waals surface area contributed by atoms with Crippen molar-refractivity contribution < 1.29 is 17.6 Å². The summed E-state index contributed by atoms with van der Waals surface area (Å²) in [6, 6.07) is 18.4. The van der Waals surface area contributed by atoms with Crippen LogP contribution in [0.15, 0.2) is 77.7 Å². The lowest BCUT2D eigenvalue weighted by Gasteiger charge is -2.17. The van der Waals surface area contributed by atoms with Crippen LogP contribution in [0.2, 0.25) is 0 Å². The normalized spacial score (nSPS) is 12.2. The molecule has 1 atom stereocenters. The van der Waals surface area contributed by atoms with Gasteiger partial charge < -0.3 is 10.6 Å². The zero-order chi connectivity index (χ0) is 21.0. The minimum atomic E-state index is -3.77. The molecule has 3 aromatic rings. The molecule has 0 fully saturated rings. The molecule has 1 unspecified atom stereocenters. The monoisotopic (exact) mass is 413 g/mol. The van der Waals surface area contributed by atoms with E-state index in [4.69, 9.17) is 5.14 Å². The molecule has 0 heterocycles. The third kappa shape index (κ3) is 5.18. The van der Waals surface area contributed by atoms with Crippen LogP contribution in [0.25, 0.3) is 0 Å². The first kappa shape index (κ1) is 20.5. The Bertz CT molecular complexity index is 1110. The third-order valence-corrected chi connectivity index (χ3v) is 5.28. The van der Waals surface area contributed by atoms with Crippen LogP contribution in [0.3, 0.4) is 0 Å². The lowest BCUT2D eigenvalue weighted by Crippen LogP contribution is -2.27. The first-order valence-electron chi connectivity index (χ1n) is 8.79. The van der Waals surface area contributed by atoms with Crippen molar-refractivity contribution >= 4 is 27.3 Å². The molecule has 0 aromatic heterocycles. The molecule has 0 spiro atoms. The molecule has 0 bridgehead atoms. The summed E-state index contributed by atoms with van der Waals surface area (Å²) in [5.41, 5.74) is 2.38. The number of benzene rings is 3. The maximum absolute atomic E-state index is 13.1. The quantitative estimate of drug-likeness (QED) is 0.573. The maximum atomic E-state index is 13.1. The summed E-state index contributed by atoms with van der Waals surface area (Å²) in [5, 5.41) is 11.1. The number of carbonyl (C=O) groups is 1. The molecule has 0 aliphatic carbocycles. The van der Waals surface area contributed by atoms with E-state index < -0.39 is 10.0 Å². The Morgan fingerprint density at radius 3 is 2.21 bits per heavy atom. The van der Waals surface area contributed by atoms with Crippen molar-refractivity contribution in [1.29, 1.82) is 0 Å². The van der Waals surface area contributed by atoms with Gasteiger partial charge in [-0.25, -0.2) is 17.9 Å². The molecular weight excluding hydrogens is 393 g/mol. The average Bonchev–Trinajstić information content (AvgIpc) is 2.69. The highest BCUT2D eigenvalue weighted by atomic mass is 32.2. The first-order valence-corrected chi connectivity index (χ1v) is 10.3. The predicted molar refractivity (Wildman–Crippen MR) is 110 cm³/mol. The van der Waals surface area contributed by atoms with Gasteiger partial charge in [-0.05, 0) is 61.0 Å². The van der Waals surface area contributed by atoms with Gasteiger partial charge in [0.25, 0.3) is 5.91 Å². The molecule has 3 rings (SSSR count). The number of halogens is 1. The number of sulfonamides is 1. The summed E-state index contributed by atoms with van der Waals surface area (Å²) in [7, 11) is -3.77. The van der Waals surface area contributed by atoms with Crippen LogP contribution < -0.4 is 15.8 Å². The van der Waals surface area contributed by atoms with Gasteiger partial charge in [0.1, 0.15) is 5.82 Å². The fourth-order valence-electron chi connectivity index (χ4n) is 2.78. The Morgan fingerprint density at radius 1 is 0.966 bits per heavy atom. The predicted octanol–water partition coefficient (Wildman–Crippen LogP) is 3.71. The largest absolute Gasteiger partial charge is 0.355 e. The molecule has 3 aromatic carbocycles. The van der Waals surface area contributed by atoms with Crippen LogP contribution in [0, 0.1) is 5.82 Å². The third-order valence-electron chi connectivity index (χ3n) is 4.35. The second-order valence-corrected chi connectivity index (χ2v) is 8.05. The van der Waals surface area contributed by atoms with Crippen molar-refractivity contribution in [2.45, 2.75) is 17.9 Å². The number of anilines is 2. The molecular formula is C21H20FN3O3S. The van der Waals surface area contributed by atoms with Crippen molar-refractivity contribution in [3.63, 3.8) is 0 Å². The van der Waals surface area contributed by atoms with Crippen LogP contribution in [-0.2, 0) is 10.0 Å². The number of primary sulfonamides is 1. The van der Waals surface area contributed by atoms with Crippen LogP contribution in [0.5, 0.6) is 0 Å². The number of nitrogens with one attached hydrogen (secondary N) is 2. The smallest absolute Gasteiger partial charge is 0.253 e. The molecule has 0 saturated carbocycles. The number of carbonyl (C=O) groups excluding carboxylic acids is 1. The van der Waals surface area contributed by atoms with Crippen molar-refractivity contribution in [1.82, 2.24) is 5.32 Å². The summed E-state index contributed by atoms with van der Waals surface area (Å²) in [4.78, 5) is 12.8. The Labute approximate surface area is 168 Å². The molecule has 1 amide bonds. The molecule has 29 heavy (non-hydrogen) atoms. The lowest BCUT2D eigenvalue weighted by molar-refractivity contribution is 0.0940. The van der Waals surface area contributed by atoms with Crippen LogP contribution in [0.4, 0.5) is 15.8 Å². The van der Waals surface area contributed by atoms with E-state index >= 15 is 0 Å². The first-order chi connectivity index (χ1) is 13.7. The van der Waals surface area contributed by atoms with Crippen molar-refractivity contribution in [2.75, 3.05) is 5.32 Å². The molecule has 4 N–H and O–H groups in total. The fraction of sp³-hybridized carbons (Fsp3) is 0.0952. The van der Waals surface area contributed by atoms with Crippen molar-refractivity contribution in [2.24, 2.45) is 5.14 Å². The van der Waals surface area contributed by atoms with Crippen molar-refractivity contribution in [3.05, 3.63) is 89.7 Å². The fourth-order valence-corrected chi connectivity index (χ4v) is 3.30. The van der Waals surface area contributed by atoms with E-state index in [0.717, 1.165) is 5.56 Å². The van der Waals surface area contributed by atoms with Crippen LogP contribution >= 0.6 is 0 Å². The minimum Gasteiger partial charge on any atom is -0.355 e. The van der Waals surface area contributed by atoms with Gasteiger partial charge in [0, 0.05) is 5.69 Å². The van der Waals surface area contributed by atoms with E-state index in [1.165, 1.54) is 24.3 Å². The van der Waals surface area contributed by atoms with E-state index in [1.54, 1.807) is 55.5 Å². The highest BCUT2D eigenvalue weighted by Gasteiger charge is 2.16. The topological polar surface area (TPSA) is 101 Å². The molecule has 0 aliphatic heterocycles. The second kappa shape index (κ2) is 8.42. The van der Waals surface area contributed by atoms with E-state index in [9.17, 15) is 17.6 Å². The van der Waals surface area contributed by atoms with E-state index in [0.29, 0.717) is 16.9 Å². The van der Waals surface area contributed by atoms with Crippen LogP contribution in [-0.4, -0.2) is 14.3 Å². The average molecular weight is 413 g/mol. The standard InChI is InChI=1S/C21H20FN3O3S/c1-14(15-6-12-18(13-7-15)29(23,27)28)24-21(26)19-4-2-3-5-20(19)25-17-10-8-16(22)9-11-17/h2-14,25H,1H3,(H,24,26)(H2,23,27,28). The number of nitrogens with two attached hydrogens (primary N) is 1. The van der Waals surface area contributed by atoms with Gasteiger partial charge in [-0.15, -0.1) is 0 Å². The Balaban J connectivity index is 1.76. The zero-order valence-corrected chi connectivity index (χ0v) is 16.4. The summed E-state index contributed by atoms with van der Waals surface area (Å²) >= 11 is 0. The Kier molecular flexibility index (Phi) is 5.95. The molecule has 0 aliphatic rings. The highest BCUT2D eigenvalue weighted by Crippen LogP contribution is 2.22.